The second-order valence-corrected chi connectivity index (χ2v) is 12.2. The predicted octanol–water partition coefficient (Wildman–Crippen LogP) is 4.67. The fourth-order valence-corrected chi connectivity index (χ4v) is 7.32. The molecule has 1 fully saturated rings. The van der Waals surface area contributed by atoms with Crippen LogP contribution in [0.3, 0.4) is 0 Å². The summed E-state index contributed by atoms with van der Waals surface area (Å²) >= 11 is 0. The Bertz CT molecular complexity index is 1540. The summed E-state index contributed by atoms with van der Waals surface area (Å²) in [5.74, 6) is 0.718. The van der Waals surface area contributed by atoms with Gasteiger partial charge in [0.15, 0.2) is 11.8 Å². The molecule has 2 heterocycles. The molecule has 0 atom stereocenters. The van der Waals surface area contributed by atoms with Gasteiger partial charge in [-0.1, -0.05) is 42.5 Å². The van der Waals surface area contributed by atoms with E-state index in [1.54, 1.807) is 11.4 Å². The highest BCUT2D eigenvalue weighted by Gasteiger charge is 2.34. The molecule has 0 amide bonds. The third-order valence-corrected chi connectivity index (χ3v) is 9.56. The minimum Gasteiger partial charge on any atom is -0.468 e. The number of benzene rings is 3. The van der Waals surface area contributed by atoms with Gasteiger partial charge in [0.05, 0.1) is 5.52 Å². The molecular formula is C31H38N4O4S. The van der Waals surface area contributed by atoms with Gasteiger partial charge in [-0.2, -0.15) is 4.31 Å². The number of aromatic nitrogens is 1. The fraction of sp³-hybridized carbons (Fsp3) is 0.355. The average molecular weight is 563 g/mol. The Morgan fingerprint density at radius 1 is 0.875 bits per heavy atom. The summed E-state index contributed by atoms with van der Waals surface area (Å²) in [7, 11) is 1.87. The first-order valence-corrected chi connectivity index (χ1v) is 15.0. The van der Waals surface area contributed by atoms with E-state index in [1.165, 1.54) is 0 Å². The van der Waals surface area contributed by atoms with Crippen molar-refractivity contribution in [3.8, 4) is 16.9 Å². The van der Waals surface area contributed by atoms with E-state index in [9.17, 15) is 8.42 Å². The highest BCUT2D eigenvalue weighted by atomic mass is 32.2. The molecule has 0 saturated carbocycles. The van der Waals surface area contributed by atoms with Crippen molar-refractivity contribution in [3.63, 3.8) is 0 Å². The molecule has 1 aliphatic rings. The van der Waals surface area contributed by atoms with E-state index >= 15 is 0 Å². The Morgan fingerprint density at radius 3 is 2.23 bits per heavy atom. The molecule has 0 radical (unpaired) electrons. The van der Waals surface area contributed by atoms with Crippen LogP contribution in [0, 0.1) is 6.92 Å². The lowest BCUT2D eigenvalue weighted by Gasteiger charge is -2.35. The Kier molecular flexibility index (Phi) is 8.46. The quantitative estimate of drug-likeness (QED) is 0.262. The molecule has 9 heteroatoms. The number of anilines is 1. The van der Waals surface area contributed by atoms with Gasteiger partial charge in [0.1, 0.15) is 5.75 Å². The van der Waals surface area contributed by atoms with Crippen molar-refractivity contribution in [1.29, 1.82) is 0 Å². The third-order valence-electron chi connectivity index (χ3n) is 7.50. The van der Waals surface area contributed by atoms with E-state index in [4.69, 9.17) is 9.47 Å². The summed E-state index contributed by atoms with van der Waals surface area (Å²) in [5, 5.41) is 1.36. The van der Waals surface area contributed by atoms with E-state index < -0.39 is 10.0 Å². The van der Waals surface area contributed by atoms with Gasteiger partial charge in [-0.15, -0.1) is 0 Å². The molecule has 0 bridgehead atoms. The predicted molar refractivity (Wildman–Crippen MR) is 161 cm³/mol. The molecule has 1 saturated heterocycles. The minimum atomic E-state index is -3.74. The molecule has 0 N–H and O–H groups in total. The lowest BCUT2D eigenvalue weighted by molar-refractivity contribution is 0.0511. The van der Waals surface area contributed by atoms with Gasteiger partial charge in [0.25, 0.3) is 10.0 Å². The van der Waals surface area contributed by atoms with Crippen LogP contribution in [-0.2, 0) is 21.3 Å². The van der Waals surface area contributed by atoms with Crippen molar-refractivity contribution in [1.82, 2.24) is 13.8 Å². The third kappa shape index (κ3) is 5.60. The number of ether oxygens (including phenoxy) is 2. The summed E-state index contributed by atoms with van der Waals surface area (Å²) in [5.41, 5.74) is 4.85. The average Bonchev–Trinajstić information content (AvgIpc) is 3.28. The molecule has 212 valence electrons. The Morgan fingerprint density at radius 2 is 1.57 bits per heavy atom. The molecule has 0 spiro atoms. The molecule has 0 unspecified atom stereocenters. The van der Waals surface area contributed by atoms with Crippen LogP contribution in [0.4, 0.5) is 5.69 Å². The van der Waals surface area contributed by atoms with Crippen LogP contribution in [0.1, 0.15) is 5.56 Å². The maximum absolute atomic E-state index is 14.3. The molecule has 3 aromatic carbocycles. The lowest BCUT2D eigenvalue weighted by atomic mass is 9.99. The van der Waals surface area contributed by atoms with E-state index in [-0.39, 0.29) is 6.79 Å². The van der Waals surface area contributed by atoms with Crippen LogP contribution in [-0.4, -0.2) is 82.9 Å². The van der Waals surface area contributed by atoms with Gasteiger partial charge >= 0.3 is 0 Å². The van der Waals surface area contributed by atoms with Crippen molar-refractivity contribution in [2.45, 2.75) is 18.5 Å². The zero-order valence-corrected chi connectivity index (χ0v) is 24.5. The van der Waals surface area contributed by atoms with Crippen molar-refractivity contribution in [2.75, 3.05) is 65.6 Å². The maximum Gasteiger partial charge on any atom is 0.259 e. The van der Waals surface area contributed by atoms with Crippen molar-refractivity contribution in [2.24, 2.45) is 0 Å². The topological polar surface area (TPSA) is 67.2 Å². The monoisotopic (exact) mass is 562 g/mol. The number of likely N-dealkylation sites (N-methyl/N-ethyl adjacent to an activating group) is 1. The zero-order valence-electron chi connectivity index (χ0n) is 23.7. The molecule has 0 aliphatic carbocycles. The number of para-hydroxylation sites is 1. The second kappa shape index (κ2) is 12.0. The number of hydrogen-bond donors (Lipinski definition) is 0. The number of nitrogens with zero attached hydrogens (tertiary/aromatic N) is 4. The Labute approximate surface area is 237 Å². The van der Waals surface area contributed by atoms with Gasteiger partial charge in [0, 0.05) is 57.5 Å². The molecule has 40 heavy (non-hydrogen) atoms. The van der Waals surface area contributed by atoms with Crippen LogP contribution in [0.5, 0.6) is 5.75 Å². The SMILES string of the molecule is COCOc1ccc(-c2cccc3c2c(C)c(S(=O)(=O)N2CCN(c4ccccc4)CC2)n3CCN(C)C)cc1. The first-order valence-electron chi connectivity index (χ1n) is 13.6. The normalized spacial score (nSPS) is 14.8. The Balaban J connectivity index is 1.54. The standard InChI is InChI=1S/C31H38N4O4S/c1-24-30-28(25-13-15-27(16-14-25)39-23-38-4)11-8-12-29(30)35(22-17-32(2)3)31(24)40(36,37)34-20-18-33(19-21-34)26-9-6-5-7-10-26/h5-16H,17-23H2,1-4H3. The summed E-state index contributed by atoms with van der Waals surface area (Å²) in [6, 6.07) is 24.1. The number of methoxy groups -OCH3 is 1. The summed E-state index contributed by atoms with van der Waals surface area (Å²) < 4.78 is 42.9. The fourth-order valence-electron chi connectivity index (χ4n) is 5.48. The largest absolute Gasteiger partial charge is 0.468 e. The van der Waals surface area contributed by atoms with E-state index in [0.717, 1.165) is 45.6 Å². The molecule has 8 nitrogen and oxygen atoms in total. The minimum absolute atomic E-state index is 0.184. The van der Waals surface area contributed by atoms with E-state index in [1.807, 2.05) is 80.2 Å². The highest BCUT2D eigenvalue weighted by Crippen LogP contribution is 2.38. The van der Waals surface area contributed by atoms with Crippen molar-refractivity contribution >= 4 is 26.6 Å². The van der Waals surface area contributed by atoms with E-state index in [2.05, 4.69) is 28.0 Å². The number of piperazine rings is 1. The van der Waals surface area contributed by atoms with Gasteiger partial charge in [0.2, 0.25) is 0 Å². The molecular weight excluding hydrogens is 524 g/mol. The highest BCUT2D eigenvalue weighted by molar-refractivity contribution is 7.89. The lowest BCUT2D eigenvalue weighted by Crippen LogP contribution is -2.49. The zero-order chi connectivity index (χ0) is 28.3. The molecule has 4 aromatic rings. The van der Waals surface area contributed by atoms with Crippen molar-refractivity contribution in [3.05, 3.63) is 78.4 Å². The summed E-state index contributed by atoms with van der Waals surface area (Å²) in [6.45, 7) is 5.63. The van der Waals surface area contributed by atoms with Gasteiger partial charge in [-0.05, 0) is 68.0 Å². The van der Waals surface area contributed by atoms with Crippen molar-refractivity contribution < 1.29 is 17.9 Å². The number of rotatable bonds is 10. The van der Waals surface area contributed by atoms with Crippen LogP contribution < -0.4 is 9.64 Å². The van der Waals surface area contributed by atoms with Crippen LogP contribution in [0.15, 0.2) is 77.8 Å². The van der Waals surface area contributed by atoms with Gasteiger partial charge in [-0.25, -0.2) is 8.42 Å². The number of sulfonamides is 1. The first kappa shape index (κ1) is 28.2. The van der Waals surface area contributed by atoms with E-state index in [0.29, 0.717) is 37.7 Å². The number of hydrogen-bond acceptors (Lipinski definition) is 6. The Hall–Kier alpha value is -3.37. The molecule has 5 rings (SSSR count). The second-order valence-electron chi connectivity index (χ2n) is 10.4. The maximum atomic E-state index is 14.3. The van der Waals surface area contributed by atoms with Crippen LogP contribution in [0.25, 0.3) is 22.0 Å². The number of aryl methyl sites for hydroxylation is 1. The van der Waals surface area contributed by atoms with Crippen LogP contribution in [0.2, 0.25) is 0 Å². The smallest absolute Gasteiger partial charge is 0.259 e. The first-order chi connectivity index (χ1) is 19.3. The van der Waals surface area contributed by atoms with Gasteiger partial charge < -0.3 is 23.8 Å². The summed E-state index contributed by atoms with van der Waals surface area (Å²) in [6.07, 6.45) is 0. The number of fused-ring (bicyclic) bond motifs is 1. The molecule has 1 aliphatic heterocycles. The van der Waals surface area contributed by atoms with Gasteiger partial charge in [-0.3, -0.25) is 0 Å². The van der Waals surface area contributed by atoms with Crippen LogP contribution >= 0.6 is 0 Å². The molecule has 1 aromatic heterocycles. The summed E-state index contributed by atoms with van der Waals surface area (Å²) in [4.78, 5) is 4.33.